The Morgan fingerprint density at radius 2 is 1.47 bits per heavy atom. The Morgan fingerprint density at radius 3 is 1.82 bits per heavy atom. The molecule has 0 atom stereocenters. The van der Waals surface area contributed by atoms with E-state index in [0.29, 0.717) is 0 Å². The van der Waals surface area contributed by atoms with Gasteiger partial charge < -0.3 is 10.6 Å². The first-order valence-corrected chi connectivity index (χ1v) is 5.34. The number of nitrogens with one attached hydrogen (secondary N) is 2. The molecule has 17 heavy (non-hydrogen) atoms. The first-order chi connectivity index (χ1) is 7.61. The summed E-state index contributed by atoms with van der Waals surface area (Å²) in [5.41, 5.74) is -0.796. The van der Waals surface area contributed by atoms with E-state index in [9.17, 15) is 22.8 Å². The molecular formula is C9H14ClF3N2O2. The van der Waals surface area contributed by atoms with Gasteiger partial charge in [0, 0.05) is 19.0 Å². The van der Waals surface area contributed by atoms with E-state index in [1.165, 1.54) is 0 Å². The molecule has 2 amide bonds. The summed E-state index contributed by atoms with van der Waals surface area (Å²) in [4.78, 5) is 21.8. The van der Waals surface area contributed by atoms with Crippen LogP contribution in [0.25, 0.3) is 0 Å². The van der Waals surface area contributed by atoms with Crippen molar-refractivity contribution in [1.29, 1.82) is 0 Å². The molecule has 0 fully saturated rings. The molecule has 0 aromatic heterocycles. The van der Waals surface area contributed by atoms with Crippen LogP contribution in [0.5, 0.6) is 0 Å². The Hall–Kier alpha value is -0.980. The number of carbonyl (C=O) groups excluding carboxylic acids is 2. The van der Waals surface area contributed by atoms with E-state index in [-0.39, 0.29) is 24.9 Å². The fraction of sp³-hybridized carbons (Fsp3) is 0.778. The van der Waals surface area contributed by atoms with Gasteiger partial charge in [-0.05, 0) is 13.8 Å². The van der Waals surface area contributed by atoms with Crippen molar-refractivity contribution < 1.29 is 22.8 Å². The number of amides is 2. The Morgan fingerprint density at radius 1 is 1.06 bits per heavy atom. The van der Waals surface area contributed by atoms with Crippen molar-refractivity contribution in [2.45, 2.75) is 20.0 Å². The maximum atomic E-state index is 11.8. The van der Waals surface area contributed by atoms with Gasteiger partial charge in [-0.25, -0.2) is 0 Å². The molecule has 0 unspecified atom stereocenters. The summed E-state index contributed by atoms with van der Waals surface area (Å²) >= 11 is 5.53. The molecule has 0 aliphatic heterocycles. The SMILES string of the molecule is CC(C)(CCl)C(=O)NCCNC(=O)C(F)(F)F. The molecule has 100 valence electrons. The van der Waals surface area contributed by atoms with Crippen molar-refractivity contribution in [2.75, 3.05) is 19.0 Å². The number of rotatable bonds is 5. The Labute approximate surface area is 102 Å². The van der Waals surface area contributed by atoms with Crippen LogP contribution in [-0.2, 0) is 9.59 Å². The van der Waals surface area contributed by atoms with E-state index in [2.05, 4.69) is 5.32 Å². The van der Waals surface area contributed by atoms with Crippen LogP contribution in [0.3, 0.4) is 0 Å². The highest BCUT2D eigenvalue weighted by molar-refractivity contribution is 6.19. The lowest BCUT2D eigenvalue weighted by molar-refractivity contribution is -0.173. The molecule has 0 aromatic rings. The van der Waals surface area contributed by atoms with Crippen molar-refractivity contribution in [1.82, 2.24) is 10.6 Å². The number of halogens is 4. The lowest BCUT2D eigenvalue weighted by Crippen LogP contribution is -2.44. The second kappa shape index (κ2) is 6.09. The average Bonchev–Trinajstić information content (AvgIpc) is 2.22. The third-order valence-electron chi connectivity index (χ3n) is 1.90. The standard InChI is InChI=1S/C9H14ClF3N2O2/c1-8(2,5-10)6(16)14-3-4-15-7(17)9(11,12)13/h3-5H2,1-2H3,(H,14,16)(H,15,17). The van der Waals surface area contributed by atoms with Gasteiger partial charge in [0.25, 0.3) is 0 Å². The van der Waals surface area contributed by atoms with E-state index in [1.54, 1.807) is 19.2 Å². The van der Waals surface area contributed by atoms with Crippen LogP contribution in [0.1, 0.15) is 13.8 Å². The molecule has 0 radical (unpaired) electrons. The summed E-state index contributed by atoms with van der Waals surface area (Å²) in [6, 6.07) is 0. The molecule has 0 bridgehead atoms. The normalized spacial score (nSPS) is 12.1. The second-order valence-corrected chi connectivity index (χ2v) is 4.29. The van der Waals surface area contributed by atoms with E-state index < -0.39 is 17.5 Å². The molecule has 0 aliphatic rings. The molecule has 4 nitrogen and oxygen atoms in total. The predicted molar refractivity (Wildman–Crippen MR) is 56.6 cm³/mol. The van der Waals surface area contributed by atoms with Gasteiger partial charge >= 0.3 is 12.1 Å². The van der Waals surface area contributed by atoms with Crippen molar-refractivity contribution >= 4 is 23.4 Å². The Kier molecular flexibility index (Phi) is 5.74. The predicted octanol–water partition coefficient (Wildman–Crippen LogP) is 1.05. The Bertz CT molecular complexity index is 292. The fourth-order valence-electron chi connectivity index (χ4n) is 0.752. The first kappa shape index (κ1) is 16.0. The van der Waals surface area contributed by atoms with Gasteiger partial charge in [0.1, 0.15) is 0 Å². The van der Waals surface area contributed by atoms with Crippen LogP contribution in [-0.4, -0.2) is 37.0 Å². The van der Waals surface area contributed by atoms with Gasteiger partial charge in [-0.15, -0.1) is 11.6 Å². The number of hydrogen-bond donors (Lipinski definition) is 2. The minimum Gasteiger partial charge on any atom is -0.354 e. The van der Waals surface area contributed by atoms with E-state index in [1.807, 2.05) is 0 Å². The van der Waals surface area contributed by atoms with Crippen molar-refractivity contribution in [3.05, 3.63) is 0 Å². The molecule has 2 N–H and O–H groups in total. The first-order valence-electron chi connectivity index (χ1n) is 4.80. The summed E-state index contributed by atoms with van der Waals surface area (Å²) in [5.74, 6) is -2.31. The molecule has 0 aliphatic carbocycles. The zero-order valence-corrected chi connectivity index (χ0v) is 10.2. The Balaban J connectivity index is 3.88. The largest absolute Gasteiger partial charge is 0.471 e. The summed E-state index contributed by atoms with van der Waals surface area (Å²) < 4.78 is 35.3. The van der Waals surface area contributed by atoms with Gasteiger partial charge in [-0.2, -0.15) is 13.2 Å². The van der Waals surface area contributed by atoms with Gasteiger partial charge in [-0.1, -0.05) is 0 Å². The fourth-order valence-corrected chi connectivity index (χ4v) is 0.874. The summed E-state index contributed by atoms with van der Waals surface area (Å²) in [6.45, 7) is 2.83. The molecular weight excluding hydrogens is 261 g/mol. The number of hydrogen-bond acceptors (Lipinski definition) is 2. The molecule has 0 saturated heterocycles. The van der Waals surface area contributed by atoms with E-state index >= 15 is 0 Å². The summed E-state index contributed by atoms with van der Waals surface area (Å²) in [5, 5.41) is 4.01. The van der Waals surface area contributed by atoms with E-state index in [4.69, 9.17) is 11.6 Å². The molecule has 0 aromatic carbocycles. The molecule has 0 rings (SSSR count). The van der Waals surface area contributed by atoms with Crippen LogP contribution in [0.4, 0.5) is 13.2 Å². The molecule has 0 heterocycles. The van der Waals surface area contributed by atoms with Crippen LogP contribution >= 0.6 is 11.6 Å². The zero-order valence-electron chi connectivity index (χ0n) is 9.45. The highest BCUT2D eigenvalue weighted by Crippen LogP contribution is 2.16. The zero-order chi connectivity index (χ0) is 13.7. The maximum absolute atomic E-state index is 11.8. The maximum Gasteiger partial charge on any atom is 0.471 e. The van der Waals surface area contributed by atoms with Crippen molar-refractivity contribution in [3.8, 4) is 0 Å². The van der Waals surface area contributed by atoms with Crippen LogP contribution < -0.4 is 10.6 Å². The van der Waals surface area contributed by atoms with Gasteiger partial charge in [-0.3, -0.25) is 9.59 Å². The smallest absolute Gasteiger partial charge is 0.354 e. The lowest BCUT2D eigenvalue weighted by Gasteiger charge is -2.20. The number of carbonyl (C=O) groups is 2. The second-order valence-electron chi connectivity index (χ2n) is 4.03. The van der Waals surface area contributed by atoms with Gasteiger partial charge in [0.05, 0.1) is 5.41 Å². The van der Waals surface area contributed by atoms with Crippen LogP contribution in [0, 0.1) is 5.41 Å². The van der Waals surface area contributed by atoms with Crippen molar-refractivity contribution in [2.24, 2.45) is 5.41 Å². The quantitative estimate of drug-likeness (QED) is 0.581. The highest BCUT2D eigenvalue weighted by atomic mass is 35.5. The molecule has 0 saturated carbocycles. The minimum atomic E-state index is -4.90. The van der Waals surface area contributed by atoms with Crippen molar-refractivity contribution in [3.63, 3.8) is 0 Å². The number of alkyl halides is 4. The van der Waals surface area contributed by atoms with Crippen LogP contribution in [0.15, 0.2) is 0 Å². The topological polar surface area (TPSA) is 58.2 Å². The molecule has 8 heteroatoms. The molecule has 0 spiro atoms. The lowest BCUT2D eigenvalue weighted by atomic mass is 9.95. The highest BCUT2D eigenvalue weighted by Gasteiger charge is 2.38. The van der Waals surface area contributed by atoms with E-state index in [0.717, 1.165) is 0 Å². The van der Waals surface area contributed by atoms with Gasteiger partial charge in [0.2, 0.25) is 5.91 Å². The summed E-state index contributed by atoms with van der Waals surface area (Å²) in [6.07, 6.45) is -4.90. The monoisotopic (exact) mass is 274 g/mol. The average molecular weight is 275 g/mol. The minimum absolute atomic E-state index is 0.0824. The summed E-state index contributed by atoms with van der Waals surface area (Å²) in [7, 11) is 0. The third-order valence-corrected chi connectivity index (χ3v) is 2.57. The van der Waals surface area contributed by atoms with Crippen LogP contribution in [0.2, 0.25) is 0 Å². The third kappa shape index (κ3) is 5.76. The van der Waals surface area contributed by atoms with Gasteiger partial charge in [0.15, 0.2) is 0 Å².